The number of rotatable bonds is 21. The van der Waals surface area contributed by atoms with Gasteiger partial charge in [-0.3, -0.25) is 4.79 Å². The van der Waals surface area contributed by atoms with E-state index in [0.29, 0.717) is 5.57 Å². The van der Waals surface area contributed by atoms with Crippen molar-refractivity contribution in [3.8, 4) is 0 Å². The molecule has 0 aromatic rings. The molecule has 1 N–H and O–H groups in total. The van der Waals surface area contributed by atoms with Gasteiger partial charge in [0.25, 0.3) is 5.91 Å². The summed E-state index contributed by atoms with van der Waals surface area (Å²) < 4.78 is 0.855. The zero-order valence-electron chi connectivity index (χ0n) is 21.4. The van der Waals surface area contributed by atoms with E-state index in [-0.39, 0.29) is 12.1 Å². The van der Waals surface area contributed by atoms with Crippen molar-refractivity contribution in [2.45, 2.75) is 136 Å². The highest BCUT2D eigenvalue weighted by atomic mass is 16.2. The van der Waals surface area contributed by atoms with E-state index in [1.54, 1.807) is 6.92 Å². The van der Waals surface area contributed by atoms with Gasteiger partial charge in [-0.25, -0.2) is 0 Å². The van der Waals surface area contributed by atoms with Crippen LogP contribution in [0.2, 0.25) is 0 Å². The van der Waals surface area contributed by atoms with Gasteiger partial charge in [0, 0.05) is 12.0 Å². The number of unbranched alkanes of at least 4 members (excludes halogenated alkanes) is 15. The maximum Gasteiger partial charge on any atom is 0.250 e. The Hall–Kier alpha value is -0.830. The zero-order valence-corrected chi connectivity index (χ0v) is 21.4. The van der Waals surface area contributed by atoms with Crippen molar-refractivity contribution in [1.29, 1.82) is 0 Å². The first-order chi connectivity index (χ1) is 14.3. The molecule has 0 aliphatic rings. The SMILES string of the molecule is C=C(C)C(=O)NC(CC)[N+](C)(C)CCCCCCCCCCCCCCCCCC. The number of hydrogen-bond donors (Lipinski definition) is 1. The zero-order chi connectivity index (χ0) is 22.7. The monoisotopic (exact) mass is 423 g/mol. The highest BCUT2D eigenvalue weighted by Gasteiger charge is 2.27. The summed E-state index contributed by atoms with van der Waals surface area (Å²) in [6, 6.07) is 0. The Labute approximate surface area is 189 Å². The Kier molecular flexibility index (Phi) is 18.4. The summed E-state index contributed by atoms with van der Waals surface area (Å²) in [6.45, 7) is 11.1. The van der Waals surface area contributed by atoms with Gasteiger partial charge in [0.2, 0.25) is 0 Å². The molecule has 0 saturated heterocycles. The lowest BCUT2D eigenvalue weighted by Gasteiger charge is -2.38. The van der Waals surface area contributed by atoms with Gasteiger partial charge in [0.05, 0.1) is 20.6 Å². The lowest BCUT2D eigenvalue weighted by atomic mass is 10.0. The van der Waals surface area contributed by atoms with Gasteiger partial charge in [-0.15, -0.1) is 0 Å². The second kappa shape index (κ2) is 18.9. The van der Waals surface area contributed by atoms with Gasteiger partial charge in [0.15, 0.2) is 6.17 Å². The molecule has 0 saturated carbocycles. The maximum absolute atomic E-state index is 12.0. The third kappa shape index (κ3) is 15.9. The molecule has 0 rings (SSSR count). The number of nitrogens with one attached hydrogen (secondary N) is 1. The number of hydrogen-bond acceptors (Lipinski definition) is 1. The molecule has 30 heavy (non-hydrogen) atoms. The van der Waals surface area contributed by atoms with Gasteiger partial charge in [-0.2, -0.15) is 0 Å². The molecule has 0 bridgehead atoms. The molecule has 0 aromatic heterocycles. The molecule has 3 nitrogen and oxygen atoms in total. The number of amides is 1. The maximum atomic E-state index is 12.0. The van der Waals surface area contributed by atoms with Crippen LogP contribution in [0.3, 0.4) is 0 Å². The minimum absolute atomic E-state index is 0.0139. The van der Waals surface area contributed by atoms with Crippen molar-refractivity contribution in [3.63, 3.8) is 0 Å². The van der Waals surface area contributed by atoms with Gasteiger partial charge < -0.3 is 9.80 Å². The van der Waals surface area contributed by atoms with Crippen LogP contribution in [0.1, 0.15) is 130 Å². The van der Waals surface area contributed by atoms with Crippen molar-refractivity contribution >= 4 is 5.91 Å². The second-order valence-electron chi connectivity index (χ2n) is 9.98. The van der Waals surface area contributed by atoms with Crippen molar-refractivity contribution in [1.82, 2.24) is 5.32 Å². The Balaban J connectivity index is 3.57. The van der Waals surface area contributed by atoms with Crippen molar-refractivity contribution in [3.05, 3.63) is 12.2 Å². The first-order valence-corrected chi connectivity index (χ1v) is 13.1. The molecule has 1 atom stereocenters. The van der Waals surface area contributed by atoms with Crippen LogP contribution >= 0.6 is 0 Å². The molecule has 3 heteroatoms. The Bertz CT molecular complexity index is 431. The fourth-order valence-electron chi connectivity index (χ4n) is 4.27. The van der Waals surface area contributed by atoms with Crippen LogP contribution in [-0.4, -0.2) is 37.2 Å². The lowest BCUT2D eigenvalue weighted by molar-refractivity contribution is -0.917. The number of carbonyl (C=O) groups excluding carboxylic acids is 1. The normalized spacial score (nSPS) is 12.7. The Morgan fingerprint density at radius 1 is 0.733 bits per heavy atom. The van der Waals surface area contributed by atoms with E-state index in [2.05, 4.69) is 39.8 Å². The van der Waals surface area contributed by atoms with E-state index >= 15 is 0 Å². The fraction of sp³-hybridized carbons (Fsp3) is 0.889. The van der Waals surface area contributed by atoms with Crippen molar-refractivity contribution in [2.75, 3.05) is 20.6 Å². The molecular formula is C27H55N2O+. The van der Waals surface area contributed by atoms with Crippen LogP contribution in [0.5, 0.6) is 0 Å². The summed E-state index contributed by atoms with van der Waals surface area (Å²) in [5, 5.41) is 3.14. The molecule has 1 unspecified atom stereocenters. The predicted octanol–water partition coefficient (Wildman–Crippen LogP) is 7.75. The fourth-order valence-corrected chi connectivity index (χ4v) is 4.27. The van der Waals surface area contributed by atoms with Gasteiger partial charge in [-0.1, -0.05) is 110 Å². The standard InChI is InChI=1S/C27H54N2O/c1-7-9-10-11-12-13-14-15-16-17-18-19-20-21-22-23-24-29(5,6)26(8-2)28-27(30)25(3)4/h26H,3,7-24H2,1-2,4-6H3/p+1. The van der Waals surface area contributed by atoms with Crippen LogP contribution in [-0.2, 0) is 4.79 Å². The molecule has 0 fully saturated rings. The molecule has 0 spiro atoms. The molecule has 0 aliphatic carbocycles. The lowest BCUT2D eigenvalue weighted by Crippen LogP contribution is -2.57. The summed E-state index contributed by atoms with van der Waals surface area (Å²) in [7, 11) is 4.47. The third-order valence-corrected chi connectivity index (χ3v) is 6.50. The van der Waals surface area contributed by atoms with E-state index in [0.717, 1.165) is 17.4 Å². The minimum Gasteiger partial charge on any atom is -0.309 e. The molecule has 1 amide bonds. The topological polar surface area (TPSA) is 29.1 Å². The molecule has 0 aromatic carbocycles. The first kappa shape index (κ1) is 29.2. The quantitative estimate of drug-likeness (QED) is 0.0869. The minimum atomic E-state index is -0.0139. The predicted molar refractivity (Wildman–Crippen MR) is 134 cm³/mol. The highest BCUT2D eigenvalue weighted by Crippen LogP contribution is 2.15. The largest absolute Gasteiger partial charge is 0.309 e. The number of carbonyl (C=O) groups is 1. The summed E-state index contributed by atoms with van der Waals surface area (Å²) in [5.74, 6) is -0.0139. The van der Waals surface area contributed by atoms with E-state index in [4.69, 9.17) is 0 Å². The molecule has 0 radical (unpaired) electrons. The molecule has 178 valence electrons. The second-order valence-corrected chi connectivity index (χ2v) is 9.98. The van der Waals surface area contributed by atoms with E-state index < -0.39 is 0 Å². The Morgan fingerprint density at radius 3 is 1.43 bits per heavy atom. The summed E-state index contributed by atoms with van der Waals surface area (Å²) in [4.78, 5) is 12.0. The molecule has 0 aliphatic heterocycles. The van der Waals surface area contributed by atoms with Gasteiger partial charge >= 0.3 is 0 Å². The van der Waals surface area contributed by atoms with E-state index in [1.807, 2.05) is 0 Å². The third-order valence-electron chi connectivity index (χ3n) is 6.50. The van der Waals surface area contributed by atoms with Gasteiger partial charge in [-0.05, 0) is 19.8 Å². The van der Waals surface area contributed by atoms with Gasteiger partial charge in [0.1, 0.15) is 0 Å². The molecule has 0 heterocycles. The van der Waals surface area contributed by atoms with E-state index in [1.165, 1.54) is 103 Å². The summed E-state index contributed by atoms with van der Waals surface area (Å²) >= 11 is 0. The average Bonchev–Trinajstić information content (AvgIpc) is 2.71. The summed E-state index contributed by atoms with van der Waals surface area (Å²) in [5.41, 5.74) is 0.593. The smallest absolute Gasteiger partial charge is 0.250 e. The number of nitrogens with zero attached hydrogens (tertiary/aromatic N) is 1. The first-order valence-electron chi connectivity index (χ1n) is 13.1. The van der Waals surface area contributed by atoms with E-state index in [9.17, 15) is 4.79 Å². The number of quaternary nitrogens is 1. The van der Waals surface area contributed by atoms with Crippen LogP contribution in [0.4, 0.5) is 0 Å². The average molecular weight is 424 g/mol. The van der Waals surface area contributed by atoms with Crippen LogP contribution in [0.15, 0.2) is 12.2 Å². The van der Waals surface area contributed by atoms with Crippen molar-refractivity contribution in [2.24, 2.45) is 0 Å². The highest BCUT2D eigenvalue weighted by molar-refractivity contribution is 5.92. The van der Waals surface area contributed by atoms with Crippen molar-refractivity contribution < 1.29 is 9.28 Å². The molecular weight excluding hydrogens is 368 g/mol. The summed E-state index contributed by atoms with van der Waals surface area (Å²) in [6.07, 6.45) is 23.6. The van der Waals surface area contributed by atoms with Crippen LogP contribution in [0, 0.1) is 0 Å². The van der Waals surface area contributed by atoms with Crippen LogP contribution in [0.25, 0.3) is 0 Å². The van der Waals surface area contributed by atoms with Crippen LogP contribution < -0.4 is 5.32 Å². The Morgan fingerprint density at radius 2 is 1.10 bits per heavy atom.